The molecule has 176 valence electrons. The van der Waals surface area contributed by atoms with Crippen molar-refractivity contribution in [2.24, 2.45) is 5.73 Å². The number of nitriles is 1. The molecule has 1 aliphatic rings. The number of carbonyl (C=O) groups is 1. The number of carbonyl (C=O) groups excluding carboxylic acids is 1. The summed E-state index contributed by atoms with van der Waals surface area (Å²) >= 11 is 0. The number of amides is 1. The molecule has 0 bridgehead atoms. The van der Waals surface area contributed by atoms with Crippen LogP contribution in [0, 0.1) is 11.3 Å². The molecular formula is C28H28N6O. The Morgan fingerprint density at radius 2 is 1.74 bits per heavy atom. The Hall–Kier alpha value is -4.15. The van der Waals surface area contributed by atoms with Crippen molar-refractivity contribution in [2.45, 2.75) is 31.3 Å². The molecule has 4 aromatic rings. The van der Waals surface area contributed by atoms with E-state index in [1.807, 2.05) is 30.3 Å². The van der Waals surface area contributed by atoms with Gasteiger partial charge in [0.05, 0.1) is 18.0 Å². The van der Waals surface area contributed by atoms with Gasteiger partial charge in [0.25, 0.3) is 5.91 Å². The van der Waals surface area contributed by atoms with Crippen LogP contribution in [0.5, 0.6) is 0 Å². The second-order valence-electron chi connectivity index (χ2n) is 9.16. The smallest absolute Gasteiger partial charge is 0.254 e. The average molecular weight is 465 g/mol. The fourth-order valence-electron chi connectivity index (χ4n) is 4.98. The molecule has 0 aliphatic carbocycles. The molecular weight excluding hydrogens is 436 g/mol. The maximum atomic E-state index is 12.2. The van der Waals surface area contributed by atoms with Crippen LogP contribution in [0.1, 0.15) is 35.2 Å². The third kappa shape index (κ3) is 4.61. The van der Waals surface area contributed by atoms with Crippen molar-refractivity contribution in [1.82, 2.24) is 14.7 Å². The number of nitrogens with one attached hydrogen (secondary N) is 1. The summed E-state index contributed by atoms with van der Waals surface area (Å²) in [4.78, 5) is 14.6. The number of nitrogens with zero attached hydrogens (tertiary/aromatic N) is 4. The standard InChI is InChI=1S/C28H28N6O/c29-16-13-28(34-20-25(26(30)35)27(32-34)31-23-10-2-1-3-11-23)14-17-33(18-15-28)19-22-9-6-8-21-7-4-5-12-24(21)22/h1-12,20H,13-15,17-19H2,(H2,30,35)(H,31,32). The third-order valence-electron chi connectivity index (χ3n) is 6.97. The SMILES string of the molecule is N#CCC1(n2cc(C(N)=O)c(Nc3ccccc3)n2)CCN(Cc2cccc3ccccc23)CC1. The number of aromatic nitrogens is 2. The van der Waals surface area contributed by atoms with E-state index >= 15 is 0 Å². The molecule has 0 atom stereocenters. The molecule has 35 heavy (non-hydrogen) atoms. The van der Waals surface area contributed by atoms with Crippen molar-refractivity contribution < 1.29 is 4.79 Å². The first-order valence-corrected chi connectivity index (χ1v) is 11.9. The summed E-state index contributed by atoms with van der Waals surface area (Å²) in [6, 6.07) is 26.8. The van der Waals surface area contributed by atoms with Gasteiger partial charge in [0.1, 0.15) is 5.56 Å². The minimum atomic E-state index is -0.546. The van der Waals surface area contributed by atoms with Gasteiger partial charge >= 0.3 is 0 Å². The van der Waals surface area contributed by atoms with Crippen LogP contribution < -0.4 is 11.1 Å². The first-order chi connectivity index (χ1) is 17.1. The van der Waals surface area contributed by atoms with E-state index < -0.39 is 11.4 Å². The predicted octanol–water partition coefficient (Wildman–Crippen LogP) is 4.78. The fourth-order valence-corrected chi connectivity index (χ4v) is 4.98. The van der Waals surface area contributed by atoms with E-state index in [0.717, 1.165) is 38.2 Å². The zero-order valence-electron chi connectivity index (χ0n) is 19.5. The van der Waals surface area contributed by atoms with Gasteiger partial charge in [0.2, 0.25) is 0 Å². The second-order valence-corrected chi connectivity index (χ2v) is 9.16. The Morgan fingerprint density at radius 1 is 1.03 bits per heavy atom. The molecule has 1 fully saturated rings. The molecule has 0 saturated carbocycles. The minimum Gasteiger partial charge on any atom is -0.365 e. The van der Waals surface area contributed by atoms with Gasteiger partial charge in [-0.3, -0.25) is 14.4 Å². The Balaban J connectivity index is 1.37. The number of hydrogen-bond donors (Lipinski definition) is 2. The van der Waals surface area contributed by atoms with Gasteiger partial charge in [-0.25, -0.2) is 0 Å². The van der Waals surface area contributed by atoms with Gasteiger partial charge in [-0.05, 0) is 41.3 Å². The Kier molecular flexibility index (Phi) is 6.21. The summed E-state index contributed by atoms with van der Waals surface area (Å²) in [6.45, 7) is 2.52. The average Bonchev–Trinajstić information content (AvgIpc) is 3.31. The maximum absolute atomic E-state index is 12.2. The van der Waals surface area contributed by atoms with Gasteiger partial charge in [-0.15, -0.1) is 0 Å². The largest absolute Gasteiger partial charge is 0.365 e. The Bertz CT molecular complexity index is 1370. The van der Waals surface area contributed by atoms with Crippen molar-refractivity contribution in [2.75, 3.05) is 18.4 Å². The van der Waals surface area contributed by atoms with Crippen molar-refractivity contribution >= 4 is 28.2 Å². The van der Waals surface area contributed by atoms with E-state index in [1.54, 1.807) is 10.9 Å². The topological polar surface area (TPSA) is 100.0 Å². The highest BCUT2D eigenvalue weighted by Gasteiger charge is 2.38. The lowest BCUT2D eigenvalue weighted by atomic mass is 9.84. The lowest BCUT2D eigenvalue weighted by Crippen LogP contribution is -2.46. The van der Waals surface area contributed by atoms with Crippen LogP contribution in [0.3, 0.4) is 0 Å². The van der Waals surface area contributed by atoms with Crippen molar-refractivity contribution in [3.05, 3.63) is 90.1 Å². The molecule has 1 saturated heterocycles. The number of anilines is 2. The summed E-state index contributed by atoms with van der Waals surface area (Å²) in [5, 5.41) is 20.1. The molecule has 0 radical (unpaired) electrons. The van der Waals surface area contributed by atoms with Gasteiger partial charge in [0, 0.05) is 31.5 Å². The highest BCUT2D eigenvalue weighted by atomic mass is 16.1. The molecule has 7 nitrogen and oxygen atoms in total. The molecule has 0 unspecified atom stereocenters. The summed E-state index contributed by atoms with van der Waals surface area (Å²) in [5.74, 6) is -0.130. The van der Waals surface area contributed by atoms with E-state index in [9.17, 15) is 10.1 Å². The van der Waals surface area contributed by atoms with Crippen molar-refractivity contribution in [3.8, 4) is 6.07 Å². The van der Waals surface area contributed by atoms with Crippen LogP contribution in [0.4, 0.5) is 11.5 Å². The number of benzene rings is 3. The molecule has 0 spiro atoms. The molecule has 5 rings (SSSR count). The van der Waals surface area contributed by atoms with Crippen LogP contribution in [-0.2, 0) is 12.1 Å². The second kappa shape index (κ2) is 9.61. The normalized spacial score (nSPS) is 15.5. The van der Waals surface area contributed by atoms with Crippen LogP contribution in [0.2, 0.25) is 0 Å². The quantitative estimate of drug-likeness (QED) is 0.410. The summed E-state index contributed by atoms with van der Waals surface area (Å²) in [6.07, 6.45) is 3.54. The molecule has 7 heteroatoms. The van der Waals surface area contributed by atoms with E-state index in [0.29, 0.717) is 17.8 Å². The van der Waals surface area contributed by atoms with E-state index in [2.05, 4.69) is 58.8 Å². The first kappa shape index (κ1) is 22.6. The van der Waals surface area contributed by atoms with Crippen LogP contribution in [0.25, 0.3) is 10.8 Å². The zero-order chi connectivity index (χ0) is 24.3. The number of rotatable bonds is 7. The van der Waals surface area contributed by atoms with Crippen molar-refractivity contribution in [1.29, 1.82) is 5.26 Å². The highest BCUT2D eigenvalue weighted by Crippen LogP contribution is 2.35. The van der Waals surface area contributed by atoms with Gasteiger partial charge < -0.3 is 11.1 Å². The van der Waals surface area contributed by atoms with Crippen molar-refractivity contribution in [3.63, 3.8) is 0 Å². The summed E-state index contributed by atoms with van der Waals surface area (Å²) in [7, 11) is 0. The number of piperidine rings is 1. The van der Waals surface area contributed by atoms with Crippen LogP contribution in [0.15, 0.2) is 79.0 Å². The minimum absolute atomic E-state index is 0.319. The maximum Gasteiger partial charge on any atom is 0.254 e. The first-order valence-electron chi connectivity index (χ1n) is 11.9. The third-order valence-corrected chi connectivity index (χ3v) is 6.97. The Labute approximate surface area is 204 Å². The summed E-state index contributed by atoms with van der Waals surface area (Å²) in [5.41, 5.74) is 7.64. The van der Waals surface area contributed by atoms with Gasteiger partial charge in [-0.1, -0.05) is 60.7 Å². The number of para-hydroxylation sites is 1. The van der Waals surface area contributed by atoms with Crippen LogP contribution >= 0.6 is 0 Å². The van der Waals surface area contributed by atoms with E-state index in [1.165, 1.54) is 16.3 Å². The Morgan fingerprint density at radius 3 is 2.49 bits per heavy atom. The molecule has 2 heterocycles. The lowest BCUT2D eigenvalue weighted by Gasteiger charge is -2.41. The molecule has 1 amide bonds. The number of likely N-dealkylation sites (tertiary alicyclic amines) is 1. The highest BCUT2D eigenvalue weighted by molar-refractivity contribution is 5.98. The lowest BCUT2D eigenvalue weighted by molar-refractivity contribution is 0.0969. The molecule has 1 aliphatic heterocycles. The van der Waals surface area contributed by atoms with E-state index in [-0.39, 0.29) is 0 Å². The molecule has 3 N–H and O–H groups in total. The predicted molar refractivity (Wildman–Crippen MR) is 137 cm³/mol. The van der Waals surface area contributed by atoms with E-state index in [4.69, 9.17) is 10.8 Å². The van der Waals surface area contributed by atoms with Crippen LogP contribution in [-0.4, -0.2) is 33.7 Å². The van der Waals surface area contributed by atoms with Gasteiger partial charge in [-0.2, -0.15) is 10.4 Å². The number of nitrogens with two attached hydrogens (primary N) is 1. The zero-order valence-corrected chi connectivity index (χ0v) is 19.5. The fraction of sp³-hybridized carbons (Fsp3) is 0.250. The van der Waals surface area contributed by atoms with Gasteiger partial charge in [0.15, 0.2) is 5.82 Å². The molecule has 3 aromatic carbocycles. The number of hydrogen-bond acceptors (Lipinski definition) is 5. The number of fused-ring (bicyclic) bond motifs is 1. The number of primary amides is 1. The molecule has 1 aromatic heterocycles. The monoisotopic (exact) mass is 464 g/mol. The summed E-state index contributed by atoms with van der Waals surface area (Å²) < 4.78 is 1.80.